The van der Waals surface area contributed by atoms with Crippen molar-refractivity contribution in [2.45, 2.75) is 45.3 Å². The summed E-state index contributed by atoms with van der Waals surface area (Å²) in [5, 5.41) is 13.6. The lowest BCUT2D eigenvalue weighted by atomic mass is 9.86. The van der Waals surface area contributed by atoms with Crippen LogP contribution in [0.3, 0.4) is 0 Å². The molecule has 21 heavy (non-hydrogen) atoms. The maximum absolute atomic E-state index is 11.7. The van der Waals surface area contributed by atoms with Gasteiger partial charge in [-0.3, -0.25) is 4.79 Å². The molecule has 0 aromatic heterocycles. The van der Waals surface area contributed by atoms with Gasteiger partial charge in [0.15, 0.2) is 6.04 Å². The minimum Gasteiger partial charge on any atom is -0.466 e. The Bertz CT molecular complexity index is 528. The third-order valence-electron chi connectivity index (χ3n) is 3.12. The van der Waals surface area contributed by atoms with E-state index in [1.165, 1.54) is 0 Å². The molecule has 2 unspecified atom stereocenters. The molecule has 0 saturated carbocycles. The number of rotatable bonds is 5. The lowest BCUT2D eigenvalue weighted by Crippen LogP contribution is -2.28. The molecule has 6 heteroatoms. The van der Waals surface area contributed by atoms with Gasteiger partial charge >= 0.3 is 5.97 Å². The number of aliphatic hydroxyl groups is 1. The van der Waals surface area contributed by atoms with E-state index in [1.54, 1.807) is 19.1 Å². The zero-order valence-corrected chi connectivity index (χ0v) is 12.8. The number of nitrogens with zero attached hydrogens (tertiary/aromatic N) is 3. The van der Waals surface area contributed by atoms with Crippen molar-refractivity contribution in [3.63, 3.8) is 0 Å². The van der Waals surface area contributed by atoms with E-state index in [9.17, 15) is 9.90 Å². The normalized spacial score (nSPS) is 14.0. The van der Waals surface area contributed by atoms with E-state index in [1.807, 2.05) is 12.1 Å². The van der Waals surface area contributed by atoms with Crippen molar-refractivity contribution in [2.24, 2.45) is 5.11 Å². The SMILES string of the molecule is CCOC(=O)C(N=[N+]=[N-])C(O)c1ccc(C(C)(C)C)cc1. The van der Waals surface area contributed by atoms with E-state index in [0.29, 0.717) is 5.56 Å². The van der Waals surface area contributed by atoms with E-state index in [-0.39, 0.29) is 12.0 Å². The summed E-state index contributed by atoms with van der Waals surface area (Å²) in [6.45, 7) is 8.06. The number of esters is 1. The van der Waals surface area contributed by atoms with Crippen LogP contribution in [0.15, 0.2) is 29.4 Å². The largest absolute Gasteiger partial charge is 0.466 e. The van der Waals surface area contributed by atoms with Crippen molar-refractivity contribution in [3.8, 4) is 0 Å². The Labute approximate surface area is 124 Å². The quantitative estimate of drug-likeness (QED) is 0.390. The molecule has 1 aromatic rings. The van der Waals surface area contributed by atoms with Crippen LogP contribution in [0.2, 0.25) is 0 Å². The first kappa shape index (κ1) is 17.0. The monoisotopic (exact) mass is 291 g/mol. The number of hydrogen-bond donors (Lipinski definition) is 1. The first-order valence-corrected chi connectivity index (χ1v) is 6.80. The summed E-state index contributed by atoms with van der Waals surface area (Å²) in [6, 6.07) is 5.94. The third-order valence-corrected chi connectivity index (χ3v) is 3.12. The Morgan fingerprint density at radius 1 is 1.38 bits per heavy atom. The summed E-state index contributed by atoms with van der Waals surface area (Å²) in [6.07, 6.45) is -1.23. The van der Waals surface area contributed by atoms with Gasteiger partial charge in [-0.15, -0.1) is 0 Å². The van der Waals surface area contributed by atoms with Crippen LogP contribution in [0.5, 0.6) is 0 Å². The molecular formula is C15H21N3O3. The molecule has 0 heterocycles. The molecule has 6 nitrogen and oxygen atoms in total. The minimum atomic E-state index is -1.28. The van der Waals surface area contributed by atoms with Gasteiger partial charge in [-0.25, -0.2) is 0 Å². The van der Waals surface area contributed by atoms with Crippen LogP contribution < -0.4 is 0 Å². The standard InChI is InChI=1S/C15H21N3O3/c1-5-21-14(20)12(17-18-16)13(19)10-6-8-11(9-7-10)15(2,3)4/h6-9,12-13,19H,5H2,1-4H3. The number of ether oxygens (including phenoxy) is 1. The zero-order chi connectivity index (χ0) is 16.0. The number of aliphatic hydroxyl groups excluding tert-OH is 1. The second-order valence-corrected chi connectivity index (χ2v) is 5.72. The Kier molecular flexibility index (Phi) is 5.76. The second-order valence-electron chi connectivity index (χ2n) is 5.72. The molecule has 0 aliphatic carbocycles. The van der Waals surface area contributed by atoms with Gasteiger partial charge in [-0.05, 0) is 29.0 Å². The molecule has 1 rings (SSSR count). The van der Waals surface area contributed by atoms with Crippen LogP contribution in [0.1, 0.15) is 44.9 Å². The molecule has 0 radical (unpaired) electrons. The number of benzene rings is 1. The highest BCUT2D eigenvalue weighted by Crippen LogP contribution is 2.26. The molecular weight excluding hydrogens is 270 g/mol. The van der Waals surface area contributed by atoms with Crippen molar-refractivity contribution in [3.05, 3.63) is 45.8 Å². The fourth-order valence-electron chi connectivity index (χ4n) is 1.89. The van der Waals surface area contributed by atoms with E-state index in [0.717, 1.165) is 5.56 Å². The highest BCUT2D eigenvalue weighted by Gasteiger charge is 2.28. The molecule has 0 fully saturated rings. The van der Waals surface area contributed by atoms with Gasteiger partial charge in [-0.1, -0.05) is 50.2 Å². The summed E-state index contributed by atoms with van der Waals surface area (Å²) in [5.74, 6) is -0.734. The first-order chi connectivity index (χ1) is 9.81. The van der Waals surface area contributed by atoms with Crippen LogP contribution in [0.4, 0.5) is 0 Å². The van der Waals surface area contributed by atoms with Crippen molar-refractivity contribution < 1.29 is 14.6 Å². The zero-order valence-electron chi connectivity index (χ0n) is 12.8. The molecule has 0 amide bonds. The average Bonchev–Trinajstić information content (AvgIpc) is 2.43. The first-order valence-electron chi connectivity index (χ1n) is 6.80. The van der Waals surface area contributed by atoms with Gasteiger partial charge in [-0.2, -0.15) is 0 Å². The number of carbonyl (C=O) groups excluding carboxylic acids is 1. The van der Waals surface area contributed by atoms with Gasteiger partial charge in [0.2, 0.25) is 0 Å². The fourth-order valence-corrected chi connectivity index (χ4v) is 1.89. The molecule has 2 atom stereocenters. The Morgan fingerprint density at radius 3 is 2.38 bits per heavy atom. The fraction of sp³-hybridized carbons (Fsp3) is 0.533. The third kappa shape index (κ3) is 4.48. The highest BCUT2D eigenvalue weighted by atomic mass is 16.5. The van der Waals surface area contributed by atoms with Crippen molar-refractivity contribution in [1.82, 2.24) is 0 Å². The number of hydrogen-bond acceptors (Lipinski definition) is 4. The molecule has 0 aliphatic rings. The lowest BCUT2D eigenvalue weighted by molar-refractivity contribution is -0.147. The van der Waals surface area contributed by atoms with Gasteiger partial charge in [0.05, 0.1) is 12.7 Å². The topological polar surface area (TPSA) is 95.3 Å². The summed E-state index contributed by atoms with van der Waals surface area (Å²) in [4.78, 5) is 14.3. The van der Waals surface area contributed by atoms with E-state index >= 15 is 0 Å². The predicted molar refractivity (Wildman–Crippen MR) is 79.7 cm³/mol. The lowest BCUT2D eigenvalue weighted by Gasteiger charge is -2.21. The maximum atomic E-state index is 11.7. The summed E-state index contributed by atoms with van der Waals surface area (Å²) < 4.78 is 4.81. The minimum absolute atomic E-state index is 0.00513. The van der Waals surface area contributed by atoms with Gasteiger partial charge in [0.1, 0.15) is 0 Å². The Balaban J connectivity index is 3.01. The van der Waals surface area contributed by atoms with Crippen LogP contribution in [-0.4, -0.2) is 23.7 Å². The van der Waals surface area contributed by atoms with E-state index in [2.05, 4.69) is 30.8 Å². The molecule has 1 aromatic carbocycles. The van der Waals surface area contributed by atoms with Crippen molar-refractivity contribution >= 4 is 5.97 Å². The Morgan fingerprint density at radius 2 is 1.95 bits per heavy atom. The van der Waals surface area contributed by atoms with Crippen molar-refractivity contribution in [1.29, 1.82) is 0 Å². The molecule has 0 saturated heterocycles. The van der Waals surface area contributed by atoms with Gasteiger partial charge < -0.3 is 9.84 Å². The Hall–Kier alpha value is -2.04. The summed E-state index contributed by atoms with van der Waals surface area (Å²) >= 11 is 0. The van der Waals surface area contributed by atoms with Crippen LogP contribution in [0, 0.1) is 0 Å². The van der Waals surface area contributed by atoms with Gasteiger partial charge in [0.25, 0.3) is 0 Å². The summed E-state index contributed by atoms with van der Waals surface area (Å²) in [7, 11) is 0. The second kappa shape index (κ2) is 7.11. The van der Waals surface area contributed by atoms with Crippen molar-refractivity contribution in [2.75, 3.05) is 6.61 Å². The summed E-state index contributed by atoms with van der Waals surface area (Å²) in [5.41, 5.74) is 10.1. The molecule has 0 aliphatic heterocycles. The van der Waals surface area contributed by atoms with E-state index in [4.69, 9.17) is 10.3 Å². The molecule has 0 spiro atoms. The van der Waals surface area contributed by atoms with E-state index < -0.39 is 18.1 Å². The number of azide groups is 1. The van der Waals surface area contributed by atoms with Gasteiger partial charge in [0, 0.05) is 4.91 Å². The number of carbonyl (C=O) groups is 1. The van der Waals surface area contributed by atoms with Crippen LogP contribution in [0.25, 0.3) is 10.4 Å². The highest BCUT2D eigenvalue weighted by molar-refractivity contribution is 5.77. The molecule has 0 bridgehead atoms. The molecule has 114 valence electrons. The average molecular weight is 291 g/mol. The predicted octanol–water partition coefficient (Wildman–Crippen LogP) is 3.26. The maximum Gasteiger partial charge on any atom is 0.317 e. The van der Waals surface area contributed by atoms with Crippen LogP contribution in [-0.2, 0) is 14.9 Å². The molecule has 1 N–H and O–H groups in total. The smallest absolute Gasteiger partial charge is 0.317 e. The van der Waals surface area contributed by atoms with Crippen LogP contribution >= 0.6 is 0 Å².